The summed E-state index contributed by atoms with van der Waals surface area (Å²) in [6.45, 7) is 3.27. The Morgan fingerprint density at radius 2 is 1.69 bits per heavy atom. The zero-order valence-electron chi connectivity index (χ0n) is 14.7. The Hall–Kier alpha value is -2.59. The van der Waals surface area contributed by atoms with E-state index < -0.39 is 11.9 Å². The molecule has 0 fully saturated rings. The Kier molecular flexibility index (Phi) is 6.98. The molecule has 5 heteroatoms. The molecule has 0 saturated heterocycles. The highest BCUT2D eigenvalue weighted by molar-refractivity contribution is 6.31. The van der Waals surface area contributed by atoms with Gasteiger partial charge >= 0.3 is 5.97 Å². The lowest BCUT2D eigenvalue weighted by Crippen LogP contribution is -2.19. The van der Waals surface area contributed by atoms with E-state index in [9.17, 15) is 14.7 Å². The Balaban J connectivity index is 2.68. The Bertz CT molecular complexity index is 812. The first kappa shape index (κ1) is 19.7. The van der Waals surface area contributed by atoms with Gasteiger partial charge in [-0.2, -0.15) is 0 Å². The summed E-state index contributed by atoms with van der Waals surface area (Å²) in [5, 5.41) is 11.3. The van der Waals surface area contributed by atoms with Crippen molar-refractivity contribution in [3.05, 3.63) is 76.3 Å². The van der Waals surface area contributed by atoms with E-state index in [-0.39, 0.29) is 30.1 Å². The highest BCUT2D eigenvalue weighted by Gasteiger charge is 2.30. The molecule has 0 bridgehead atoms. The quantitative estimate of drug-likeness (QED) is 0.425. The van der Waals surface area contributed by atoms with Gasteiger partial charge in [0.05, 0.1) is 12.2 Å². The van der Waals surface area contributed by atoms with E-state index in [1.807, 2.05) is 6.07 Å². The van der Waals surface area contributed by atoms with Crippen molar-refractivity contribution in [3.63, 3.8) is 0 Å². The van der Waals surface area contributed by atoms with E-state index in [2.05, 4.69) is 0 Å². The lowest BCUT2D eigenvalue weighted by Gasteiger charge is -2.21. The second-order valence-electron chi connectivity index (χ2n) is 5.83. The van der Waals surface area contributed by atoms with Crippen LogP contribution in [-0.2, 0) is 14.3 Å². The van der Waals surface area contributed by atoms with Crippen LogP contribution in [0.1, 0.15) is 37.3 Å². The van der Waals surface area contributed by atoms with Gasteiger partial charge in [-0.15, -0.1) is 0 Å². The predicted molar refractivity (Wildman–Crippen MR) is 102 cm³/mol. The number of aliphatic hydroxyl groups is 1. The number of rotatable bonds is 7. The molecule has 0 aliphatic carbocycles. The second kappa shape index (κ2) is 9.20. The minimum Gasteiger partial charge on any atom is -0.507 e. The van der Waals surface area contributed by atoms with Crippen LogP contribution in [0.2, 0.25) is 5.02 Å². The van der Waals surface area contributed by atoms with Crippen LogP contribution in [0, 0.1) is 0 Å². The van der Waals surface area contributed by atoms with E-state index in [0.717, 1.165) is 0 Å². The lowest BCUT2D eigenvalue weighted by atomic mass is 9.85. The van der Waals surface area contributed by atoms with Crippen LogP contribution < -0.4 is 0 Å². The smallest absolute Gasteiger partial charge is 0.338 e. The van der Waals surface area contributed by atoms with Gasteiger partial charge in [-0.1, -0.05) is 60.1 Å². The highest BCUT2D eigenvalue weighted by atomic mass is 35.5. The van der Waals surface area contributed by atoms with Gasteiger partial charge in [-0.25, -0.2) is 4.79 Å². The molecule has 2 rings (SSSR count). The molecule has 1 unspecified atom stereocenters. The Labute approximate surface area is 158 Å². The summed E-state index contributed by atoms with van der Waals surface area (Å²) in [7, 11) is 0. The summed E-state index contributed by atoms with van der Waals surface area (Å²) >= 11 is 6.31. The van der Waals surface area contributed by atoms with Gasteiger partial charge in [0.1, 0.15) is 11.5 Å². The first-order valence-electron chi connectivity index (χ1n) is 8.35. The van der Waals surface area contributed by atoms with Gasteiger partial charge in [0, 0.05) is 22.9 Å². The number of hydrogen-bond acceptors (Lipinski definition) is 4. The van der Waals surface area contributed by atoms with Crippen molar-refractivity contribution in [2.75, 3.05) is 6.61 Å². The van der Waals surface area contributed by atoms with E-state index in [1.54, 1.807) is 55.5 Å². The first-order valence-corrected chi connectivity index (χ1v) is 8.73. The number of hydrogen-bond donors (Lipinski definition) is 1. The lowest BCUT2D eigenvalue weighted by molar-refractivity contribution is -0.138. The molecular formula is C21H21ClO4. The van der Waals surface area contributed by atoms with Gasteiger partial charge in [0.15, 0.2) is 0 Å². The van der Waals surface area contributed by atoms with Crippen LogP contribution >= 0.6 is 11.6 Å². The fourth-order valence-electron chi connectivity index (χ4n) is 2.78. The van der Waals surface area contributed by atoms with Gasteiger partial charge in [-0.3, -0.25) is 4.79 Å². The molecule has 1 N–H and O–H groups in total. The number of Topliss-reactive ketones (excluding diaryl/α,β-unsaturated/α-hetero) is 1. The average Bonchev–Trinajstić information content (AvgIpc) is 2.62. The van der Waals surface area contributed by atoms with Crippen molar-refractivity contribution in [1.29, 1.82) is 0 Å². The topological polar surface area (TPSA) is 63.6 Å². The number of carbonyl (C=O) groups excluding carboxylic acids is 2. The van der Waals surface area contributed by atoms with Crippen LogP contribution in [0.4, 0.5) is 0 Å². The minimum absolute atomic E-state index is 0.0226. The Morgan fingerprint density at radius 3 is 2.27 bits per heavy atom. The molecule has 0 spiro atoms. The van der Waals surface area contributed by atoms with Crippen molar-refractivity contribution in [1.82, 2.24) is 0 Å². The minimum atomic E-state index is -0.708. The summed E-state index contributed by atoms with van der Waals surface area (Å²) in [5.41, 5.74) is 1.09. The number of carbonyl (C=O) groups is 2. The van der Waals surface area contributed by atoms with Crippen molar-refractivity contribution in [2.24, 2.45) is 0 Å². The van der Waals surface area contributed by atoms with Crippen molar-refractivity contribution < 1.29 is 19.4 Å². The SMILES string of the molecule is CCOC(=O)/C(=C(/O)c1ccccc1)C(CC(C)=O)c1ccccc1Cl. The molecule has 4 nitrogen and oxygen atoms in total. The van der Waals surface area contributed by atoms with Crippen molar-refractivity contribution in [2.45, 2.75) is 26.2 Å². The van der Waals surface area contributed by atoms with Crippen LogP contribution in [0.5, 0.6) is 0 Å². The normalized spacial score (nSPS) is 12.9. The first-order chi connectivity index (χ1) is 12.5. The fourth-order valence-corrected chi connectivity index (χ4v) is 3.04. The van der Waals surface area contributed by atoms with Crippen molar-refractivity contribution >= 4 is 29.1 Å². The maximum Gasteiger partial charge on any atom is 0.338 e. The summed E-state index contributed by atoms with van der Waals surface area (Å²) in [6, 6.07) is 15.7. The monoisotopic (exact) mass is 372 g/mol. The molecule has 2 aromatic carbocycles. The maximum atomic E-state index is 12.7. The van der Waals surface area contributed by atoms with Crippen LogP contribution in [0.15, 0.2) is 60.2 Å². The third kappa shape index (κ3) is 4.73. The molecule has 0 aliphatic heterocycles. The molecule has 1 atom stereocenters. The molecule has 0 aromatic heterocycles. The predicted octanol–water partition coefficient (Wildman–Crippen LogP) is 4.94. The summed E-state index contributed by atoms with van der Waals surface area (Å²) in [4.78, 5) is 24.6. The van der Waals surface area contributed by atoms with E-state index >= 15 is 0 Å². The number of halogens is 1. The number of ether oxygens (including phenoxy) is 1. The average molecular weight is 373 g/mol. The summed E-state index contributed by atoms with van der Waals surface area (Å²) < 4.78 is 5.16. The Morgan fingerprint density at radius 1 is 1.08 bits per heavy atom. The fraction of sp³-hybridized carbons (Fsp3) is 0.238. The van der Waals surface area contributed by atoms with Crippen molar-refractivity contribution in [3.8, 4) is 0 Å². The third-order valence-corrected chi connectivity index (χ3v) is 4.26. The zero-order chi connectivity index (χ0) is 19.1. The van der Waals surface area contributed by atoms with Gasteiger partial charge in [0.2, 0.25) is 0 Å². The van der Waals surface area contributed by atoms with Gasteiger partial charge in [-0.05, 0) is 25.5 Å². The molecule has 0 saturated carbocycles. The summed E-state index contributed by atoms with van der Waals surface area (Å²) in [5.74, 6) is -1.71. The van der Waals surface area contributed by atoms with Gasteiger partial charge in [0.25, 0.3) is 0 Å². The molecule has 0 aliphatic rings. The zero-order valence-corrected chi connectivity index (χ0v) is 15.5. The number of ketones is 1. The second-order valence-corrected chi connectivity index (χ2v) is 6.24. The molecular weight excluding hydrogens is 352 g/mol. The number of esters is 1. The van der Waals surface area contributed by atoms with E-state index in [0.29, 0.717) is 16.1 Å². The molecule has 2 aromatic rings. The van der Waals surface area contributed by atoms with Crippen LogP contribution in [0.25, 0.3) is 5.76 Å². The van der Waals surface area contributed by atoms with Gasteiger partial charge < -0.3 is 9.84 Å². The molecule has 0 amide bonds. The maximum absolute atomic E-state index is 12.7. The van der Waals surface area contributed by atoms with E-state index in [4.69, 9.17) is 16.3 Å². The molecule has 26 heavy (non-hydrogen) atoms. The summed E-state index contributed by atoms with van der Waals surface area (Å²) in [6.07, 6.45) is 0.0226. The largest absolute Gasteiger partial charge is 0.507 e. The molecule has 136 valence electrons. The number of aliphatic hydroxyl groups excluding tert-OH is 1. The third-order valence-electron chi connectivity index (χ3n) is 3.92. The molecule has 0 heterocycles. The standard InChI is InChI=1S/C21H21ClO4/c1-3-26-21(25)19(20(24)15-9-5-4-6-10-15)17(13-14(2)23)16-11-7-8-12-18(16)22/h4-12,17,24H,3,13H2,1-2H3/b20-19+. The van der Waals surface area contributed by atoms with Crippen LogP contribution in [-0.4, -0.2) is 23.5 Å². The molecule has 0 radical (unpaired) electrons. The number of benzene rings is 2. The van der Waals surface area contributed by atoms with Crippen LogP contribution in [0.3, 0.4) is 0 Å². The van der Waals surface area contributed by atoms with E-state index in [1.165, 1.54) is 6.92 Å². The highest BCUT2D eigenvalue weighted by Crippen LogP contribution is 2.37.